The average Bonchev–Trinajstić information content (AvgIpc) is 3.13. The molecule has 0 bridgehead atoms. The number of esters is 1. The maximum atomic E-state index is 12.2. The smallest absolute Gasteiger partial charge is 0.331 e. The van der Waals surface area contributed by atoms with Crippen molar-refractivity contribution in [3.63, 3.8) is 0 Å². The fraction of sp³-hybridized carbons (Fsp3) is 0.176. The molecule has 0 radical (unpaired) electrons. The molecule has 0 saturated heterocycles. The first kappa shape index (κ1) is 18.7. The number of carbonyl (C=O) groups is 2. The van der Waals surface area contributed by atoms with Crippen LogP contribution in [0, 0.1) is 10.1 Å². The van der Waals surface area contributed by atoms with Crippen LogP contribution >= 0.6 is 0 Å². The number of anilines is 1. The first-order valence-corrected chi connectivity index (χ1v) is 7.46. The zero-order valence-corrected chi connectivity index (χ0v) is 14.0. The van der Waals surface area contributed by atoms with Crippen LogP contribution in [0.3, 0.4) is 0 Å². The SMILES string of the molecule is COc1ccc([N+](=O)[O-])cc1NC(=O)[C@@H](C)OC(=O)/C=C/c1ccco1. The molecule has 0 saturated carbocycles. The molecule has 2 aromatic rings. The molecule has 0 aliphatic rings. The van der Waals surface area contributed by atoms with Gasteiger partial charge in [0.25, 0.3) is 11.6 Å². The zero-order chi connectivity index (χ0) is 19.1. The molecule has 0 aliphatic heterocycles. The van der Waals surface area contributed by atoms with Crippen LogP contribution in [-0.2, 0) is 14.3 Å². The Balaban J connectivity index is 2.01. The third-order valence-corrected chi connectivity index (χ3v) is 3.24. The van der Waals surface area contributed by atoms with Crippen LogP contribution in [0.2, 0.25) is 0 Å². The van der Waals surface area contributed by atoms with Gasteiger partial charge in [-0.25, -0.2) is 4.79 Å². The zero-order valence-electron chi connectivity index (χ0n) is 14.0. The maximum Gasteiger partial charge on any atom is 0.331 e. The van der Waals surface area contributed by atoms with Gasteiger partial charge in [-0.3, -0.25) is 14.9 Å². The minimum atomic E-state index is -1.13. The normalized spacial score (nSPS) is 11.8. The second kappa shape index (κ2) is 8.47. The highest BCUT2D eigenvalue weighted by molar-refractivity contribution is 5.97. The molecule has 1 aromatic heterocycles. The molecule has 1 heterocycles. The number of carbonyl (C=O) groups excluding carboxylic acids is 2. The fourth-order valence-corrected chi connectivity index (χ4v) is 1.94. The molecule has 2 rings (SSSR count). The van der Waals surface area contributed by atoms with Crippen LogP contribution in [0.15, 0.2) is 47.1 Å². The van der Waals surface area contributed by atoms with Crippen molar-refractivity contribution in [1.29, 1.82) is 0 Å². The first-order chi connectivity index (χ1) is 12.4. The van der Waals surface area contributed by atoms with Gasteiger partial charge in [0.15, 0.2) is 6.10 Å². The quantitative estimate of drug-likeness (QED) is 0.349. The summed E-state index contributed by atoms with van der Waals surface area (Å²) >= 11 is 0. The van der Waals surface area contributed by atoms with Crippen molar-refractivity contribution in [3.8, 4) is 5.75 Å². The lowest BCUT2D eigenvalue weighted by atomic mass is 10.2. The average molecular weight is 360 g/mol. The van der Waals surface area contributed by atoms with Gasteiger partial charge in [-0.1, -0.05) is 0 Å². The van der Waals surface area contributed by atoms with E-state index in [4.69, 9.17) is 13.9 Å². The number of amides is 1. The lowest BCUT2D eigenvalue weighted by Gasteiger charge is -2.14. The Morgan fingerprint density at radius 2 is 2.12 bits per heavy atom. The molecular formula is C17H16N2O7. The topological polar surface area (TPSA) is 121 Å². The molecule has 1 N–H and O–H groups in total. The van der Waals surface area contributed by atoms with Gasteiger partial charge in [0, 0.05) is 18.2 Å². The number of nitro groups is 1. The van der Waals surface area contributed by atoms with Gasteiger partial charge in [0.05, 0.1) is 24.0 Å². The Kier molecular flexibility index (Phi) is 6.10. The van der Waals surface area contributed by atoms with Gasteiger partial charge >= 0.3 is 5.97 Å². The van der Waals surface area contributed by atoms with Crippen LogP contribution in [0.4, 0.5) is 11.4 Å². The van der Waals surface area contributed by atoms with Crippen molar-refractivity contribution in [2.45, 2.75) is 13.0 Å². The fourth-order valence-electron chi connectivity index (χ4n) is 1.94. The molecule has 1 amide bonds. The van der Waals surface area contributed by atoms with E-state index in [1.165, 1.54) is 38.5 Å². The van der Waals surface area contributed by atoms with E-state index >= 15 is 0 Å². The molecule has 0 fully saturated rings. The molecule has 1 atom stereocenters. The van der Waals surface area contributed by atoms with E-state index in [9.17, 15) is 19.7 Å². The van der Waals surface area contributed by atoms with Crippen molar-refractivity contribution in [3.05, 3.63) is 58.5 Å². The summed E-state index contributed by atoms with van der Waals surface area (Å²) in [6.07, 6.45) is 2.84. The van der Waals surface area contributed by atoms with Crippen LogP contribution in [0.5, 0.6) is 5.75 Å². The summed E-state index contributed by atoms with van der Waals surface area (Å²) in [4.78, 5) is 34.2. The lowest BCUT2D eigenvalue weighted by Crippen LogP contribution is -2.29. The Labute approximate surface area is 148 Å². The number of rotatable bonds is 7. The van der Waals surface area contributed by atoms with Crippen molar-refractivity contribution in [1.82, 2.24) is 0 Å². The van der Waals surface area contributed by atoms with Gasteiger partial charge < -0.3 is 19.2 Å². The third kappa shape index (κ3) is 4.94. The summed E-state index contributed by atoms with van der Waals surface area (Å²) in [7, 11) is 1.36. The second-order valence-corrected chi connectivity index (χ2v) is 5.06. The van der Waals surface area contributed by atoms with Crippen LogP contribution in [0.25, 0.3) is 6.08 Å². The number of nitrogens with zero attached hydrogens (tertiary/aromatic N) is 1. The molecule has 0 aliphatic carbocycles. The Morgan fingerprint density at radius 1 is 1.35 bits per heavy atom. The van der Waals surface area contributed by atoms with E-state index in [1.54, 1.807) is 12.1 Å². The number of benzene rings is 1. The Morgan fingerprint density at radius 3 is 2.73 bits per heavy atom. The number of nitro benzene ring substituents is 1. The molecule has 9 heteroatoms. The Hall–Kier alpha value is -3.62. The van der Waals surface area contributed by atoms with E-state index in [0.717, 1.165) is 12.1 Å². The van der Waals surface area contributed by atoms with Crippen LogP contribution in [0.1, 0.15) is 12.7 Å². The monoisotopic (exact) mass is 360 g/mol. The summed E-state index contributed by atoms with van der Waals surface area (Å²) in [6, 6.07) is 7.07. The summed E-state index contributed by atoms with van der Waals surface area (Å²) in [6.45, 7) is 1.37. The molecule has 136 valence electrons. The number of methoxy groups -OCH3 is 1. The maximum absolute atomic E-state index is 12.2. The van der Waals surface area contributed by atoms with Crippen LogP contribution in [-0.4, -0.2) is 30.0 Å². The molecule has 1 aromatic carbocycles. The van der Waals surface area contributed by atoms with Gasteiger partial charge in [0.2, 0.25) is 0 Å². The number of ether oxygens (including phenoxy) is 2. The van der Waals surface area contributed by atoms with E-state index in [0.29, 0.717) is 5.76 Å². The number of non-ortho nitro benzene ring substituents is 1. The first-order valence-electron chi connectivity index (χ1n) is 7.46. The number of furan rings is 1. The molecule has 26 heavy (non-hydrogen) atoms. The highest BCUT2D eigenvalue weighted by atomic mass is 16.6. The Bertz CT molecular complexity index is 828. The molecule has 9 nitrogen and oxygen atoms in total. The van der Waals surface area contributed by atoms with Crippen molar-refractivity contribution >= 4 is 29.3 Å². The second-order valence-electron chi connectivity index (χ2n) is 5.06. The number of hydrogen-bond donors (Lipinski definition) is 1. The summed E-state index contributed by atoms with van der Waals surface area (Å²) < 4.78 is 15.1. The highest BCUT2D eigenvalue weighted by Gasteiger charge is 2.20. The highest BCUT2D eigenvalue weighted by Crippen LogP contribution is 2.29. The molecule has 0 spiro atoms. The van der Waals surface area contributed by atoms with E-state index < -0.39 is 22.9 Å². The predicted molar refractivity (Wildman–Crippen MR) is 91.6 cm³/mol. The van der Waals surface area contributed by atoms with Gasteiger partial charge in [-0.05, 0) is 31.2 Å². The van der Waals surface area contributed by atoms with Crippen molar-refractivity contribution < 1.29 is 28.4 Å². The van der Waals surface area contributed by atoms with Crippen molar-refractivity contribution in [2.24, 2.45) is 0 Å². The van der Waals surface area contributed by atoms with Gasteiger partial charge in [0.1, 0.15) is 11.5 Å². The van der Waals surface area contributed by atoms with Gasteiger partial charge in [-0.15, -0.1) is 0 Å². The summed E-state index contributed by atoms with van der Waals surface area (Å²) in [5.74, 6) is -0.709. The summed E-state index contributed by atoms with van der Waals surface area (Å²) in [5.41, 5.74) is -0.118. The predicted octanol–water partition coefficient (Wildman–Crippen LogP) is 2.78. The van der Waals surface area contributed by atoms with E-state index in [2.05, 4.69) is 5.32 Å². The molecule has 0 unspecified atom stereocenters. The lowest BCUT2D eigenvalue weighted by molar-refractivity contribution is -0.384. The molecular weight excluding hydrogens is 344 g/mol. The number of nitrogens with one attached hydrogen (secondary N) is 1. The number of hydrogen-bond acceptors (Lipinski definition) is 7. The van der Waals surface area contributed by atoms with Crippen LogP contribution < -0.4 is 10.1 Å². The summed E-state index contributed by atoms with van der Waals surface area (Å²) in [5, 5.41) is 13.3. The minimum absolute atomic E-state index is 0.0979. The van der Waals surface area contributed by atoms with E-state index in [1.807, 2.05) is 0 Å². The van der Waals surface area contributed by atoms with E-state index in [-0.39, 0.29) is 17.1 Å². The standard InChI is InChI=1S/C17H16N2O7/c1-11(26-16(20)8-6-13-4-3-9-25-13)17(21)18-14-10-12(19(22)23)5-7-15(14)24-2/h3-11H,1-2H3,(H,18,21)/b8-6+/t11-/m1/s1. The third-order valence-electron chi connectivity index (χ3n) is 3.24. The minimum Gasteiger partial charge on any atom is -0.495 e. The van der Waals surface area contributed by atoms with Gasteiger partial charge in [-0.2, -0.15) is 0 Å². The van der Waals surface area contributed by atoms with Crippen molar-refractivity contribution in [2.75, 3.05) is 12.4 Å². The largest absolute Gasteiger partial charge is 0.495 e.